The number of hydrogen-bond donors (Lipinski definition) is 1. The van der Waals surface area contributed by atoms with Crippen molar-refractivity contribution in [3.05, 3.63) is 34.1 Å². The first-order valence-corrected chi connectivity index (χ1v) is 7.25. The van der Waals surface area contributed by atoms with Crippen molar-refractivity contribution in [2.24, 2.45) is 5.73 Å². The highest BCUT2D eigenvalue weighted by Gasteiger charge is 2.16. The molecule has 100 valence electrons. The van der Waals surface area contributed by atoms with E-state index in [0.717, 1.165) is 42.3 Å². The second kappa shape index (κ2) is 6.64. The van der Waals surface area contributed by atoms with Crippen LogP contribution >= 0.6 is 15.9 Å². The number of benzene rings is 1. The van der Waals surface area contributed by atoms with Crippen LogP contribution < -0.4 is 5.73 Å². The molecule has 0 amide bonds. The van der Waals surface area contributed by atoms with Crippen molar-refractivity contribution < 1.29 is 9.13 Å². The Kier molecular flexibility index (Phi) is 5.15. The zero-order chi connectivity index (χ0) is 13.0. The van der Waals surface area contributed by atoms with Gasteiger partial charge in [0.25, 0.3) is 0 Å². The van der Waals surface area contributed by atoms with E-state index in [1.165, 1.54) is 6.07 Å². The van der Waals surface area contributed by atoms with E-state index in [1.54, 1.807) is 6.07 Å². The summed E-state index contributed by atoms with van der Waals surface area (Å²) in [6, 6.07) is 5.01. The maximum atomic E-state index is 13.2. The molecule has 0 aliphatic carbocycles. The van der Waals surface area contributed by atoms with Crippen molar-refractivity contribution in [1.29, 1.82) is 0 Å². The van der Waals surface area contributed by atoms with E-state index in [1.807, 2.05) is 6.07 Å². The molecule has 2 N–H and O–H groups in total. The van der Waals surface area contributed by atoms with Gasteiger partial charge < -0.3 is 10.5 Å². The molecule has 1 aromatic carbocycles. The Hall–Kier alpha value is -0.450. The lowest BCUT2D eigenvalue weighted by Crippen LogP contribution is -2.24. The number of rotatable bonds is 5. The highest BCUT2D eigenvalue weighted by Crippen LogP contribution is 2.20. The molecule has 0 aromatic heterocycles. The first kappa shape index (κ1) is 14.0. The first-order valence-electron chi connectivity index (χ1n) is 6.45. The lowest BCUT2D eigenvalue weighted by molar-refractivity contribution is 0.101. The van der Waals surface area contributed by atoms with Gasteiger partial charge in [0.1, 0.15) is 5.82 Å². The van der Waals surface area contributed by atoms with E-state index in [9.17, 15) is 4.39 Å². The molecule has 0 spiro atoms. The van der Waals surface area contributed by atoms with Crippen molar-refractivity contribution >= 4 is 15.9 Å². The molecule has 2 rings (SSSR count). The normalized spacial score (nSPS) is 21.2. The average Bonchev–Trinajstić information content (AvgIpc) is 2.77. The zero-order valence-corrected chi connectivity index (χ0v) is 12.0. The third kappa shape index (κ3) is 4.34. The molecule has 1 saturated heterocycles. The summed E-state index contributed by atoms with van der Waals surface area (Å²) in [6.45, 7) is 0.886. The van der Waals surface area contributed by atoms with Crippen LogP contribution in [0.4, 0.5) is 4.39 Å². The third-order valence-electron chi connectivity index (χ3n) is 3.30. The Balaban J connectivity index is 1.80. The fourth-order valence-corrected chi connectivity index (χ4v) is 2.92. The van der Waals surface area contributed by atoms with Gasteiger partial charge in [-0.2, -0.15) is 0 Å². The maximum absolute atomic E-state index is 13.2. The molecular formula is C14H19BrFNO. The van der Waals surface area contributed by atoms with Gasteiger partial charge in [0.15, 0.2) is 0 Å². The van der Waals surface area contributed by atoms with E-state index in [0.29, 0.717) is 12.5 Å². The van der Waals surface area contributed by atoms with Crippen LogP contribution in [0, 0.1) is 5.82 Å². The molecular weight excluding hydrogens is 297 g/mol. The summed E-state index contributed by atoms with van der Waals surface area (Å²) < 4.78 is 19.6. The highest BCUT2D eigenvalue weighted by atomic mass is 79.9. The van der Waals surface area contributed by atoms with Gasteiger partial charge >= 0.3 is 0 Å². The molecule has 1 aliphatic heterocycles. The molecule has 0 bridgehead atoms. The molecule has 1 fully saturated rings. The van der Waals surface area contributed by atoms with Crippen molar-refractivity contribution in [3.63, 3.8) is 0 Å². The molecule has 1 heterocycles. The SMILES string of the molecule is NC(CCC1CCCO1)Cc1cc(F)cc(Br)c1. The number of nitrogens with two attached hydrogens (primary N) is 1. The van der Waals surface area contributed by atoms with Crippen LogP contribution in [0.15, 0.2) is 22.7 Å². The Morgan fingerprint density at radius 1 is 1.44 bits per heavy atom. The molecule has 0 saturated carbocycles. The Morgan fingerprint density at radius 3 is 2.94 bits per heavy atom. The minimum absolute atomic E-state index is 0.0721. The molecule has 2 nitrogen and oxygen atoms in total. The molecule has 4 heteroatoms. The smallest absolute Gasteiger partial charge is 0.124 e. The summed E-state index contributed by atoms with van der Waals surface area (Å²) >= 11 is 3.29. The molecule has 18 heavy (non-hydrogen) atoms. The zero-order valence-electron chi connectivity index (χ0n) is 10.4. The fraction of sp³-hybridized carbons (Fsp3) is 0.571. The van der Waals surface area contributed by atoms with E-state index in [-0.39, 0.29) is 11.9 Å². The summed E-state index contributed by atoms with van der Waals surface area (Å²) in [4.78, 5) is 0. The standard InChI is InChI=1S/C14H19BrFNO/c15-11-6-10(7-12(16)9-11)8-13(17)3-4-14-2-1-5-18-14/h6-7,9,13-14H,1-5,8,17H2. The minimum atomic E-state index is -0.217. The Morgan fingerprint density at radius 2 is 2.28 bits per heavy atom. The number of ether oxygens (including phenoxy) is 1. The summed E-state index contributed by atoms with van der Waals surface area (Å²) in [5.41, 5.74) is 7.04. The van der Waals surface area contributed by atoms with Crippen molar-refractivity contribution in [2.45, 2.75) is 44.2 Å². The Bertz CT molecular complexity index is 373. The van der Waals surface area contributed by atoms with Crippen LogP contribution in [0.3, 0.4) is 0 Å². The molecule has 1 aliphatic rings. The van der Waals surface area contributed by atoms with E-state index in [2.05, 4.69) is 15.9 Å². The molecule has 1 aromatic rings. The van der Waals surface area contributed by atoms with Gasteiger partial charge in [0.05, 0.1) is 6.10 Å². The van der Waals surface area contributed by atoms with Crippen LogP contribution in [0.25, 0.3) is 0 Å². The van der Waals surface area contributed by atoms with Gasteiger partial charge in [-0.25, -0.2) is 4.39 Å². The van der Waals surface area contributed by atoms with Crippen molar-refractivity contribution in [2.75, 3.05) is 6.61 Å². The van der Waals surface area contributed by atoms with Crippen LogP contribution in [0.5, 0.6) is 0 Å². The second-order valence-electron chi connectivity index (χ2n) is 4.95. The second-order valence-corrected chi connectivity index (χ2v) is 5.87. The van der Waals surface area contributed by atoms with Crippen LogP contribution in [-0.2, 0) is 11.2 Å². The van der Waals surface area contributed by atoms with E-state index < -0.39 is 0 Å². The van der Waals surface area contributed by atoms with Gasteiger partial charge in [-0.1, -0.05) is 15.9 Å². The van der Waals surface area contributed by atoms with Crippen LogP contribution in [-0.4, -0.2) is 18.8 Å². The number of hydrogen-bond acceptors (Lipinski definition) is 2. The monoisotopic (exact) mass is 315 g/mol. The van der Waals surface area contributed by atoms with Gasteiger partial charge in [0.2, 0.25) is 0 Å². The fourth-order valence-electron chi connectivity index (χ4n) is 2.41. The topological polar surface area (TPSA) is 35.2 Å². The van der Waals surface area contributed by atoms with Gasteiger partial charge in [-0.3, -0.25) is 0 Å². The van der Waals surface area contributed by atoms with Gasteiger partial charge in [-0.05, 0) is 55.9 Å². The highest BCUT2D eigenvalue weighted by molar-refractivity contribution is 9.10. The van der Waals surface area contributed by atoms with Gasteiger partial charge in [-0.15, -0.1) is 0 Å². The molecule has 0 radical (unpaired) electrons. The average molecular weight is 316 g/mol. The summed E-state index contributed by atoms with van der Waals surface area (Å²) in [5.74, 6) is -0.217. The number of halogens is 2. The lowest BCUT2D eigenvalue weighted by Gasteiger charge is -2.15. The lowest BCUT2D eigenvalue weighted by atomic mass is 10.00. The first-order chi connectivity index (χ1) is 8.63. The van der Waals surface area contributed by atoms with E-state index in [4.69, 9.17) is 10.5 Å². The molecule has 2 atom stereocenters. The van der Waals surface area contributed by atoms with Crippen molar-refractivity contribution in [3.8, 4) is 0 Å². The van der Waals surface area contributed by atoms with Gasteiger partial charge in [0, 0.05) is 17.1 Å². The summed E-state index contributed by atoms with van der Waals surface area (Å²) in [5, 5.41) is 0. The van der Waals surface area contributed by atoms with Crippen molar-refractivity contribution in [1.82, 2.24) is 0 Å². The summed E-state index contributed by atoms with van der Waals surface area (Å²) in [6.07, 6.45) is 5.35. The maximum Gasteiger partial charge on any atom is 0.124 e. The van der Waals surface area contributed by atoms with Crippen LogP contribution in [0.2, 0.25) is 0 Å². The predicted octanol–water partition coefficient (Wildman–Crippen LogP) is 3.42. The minimum Gasteiger partial charge on any atom is -0.378 e. The predicted molar refractivity (Wildman–Crippen MR) is 74.0 cm³/mol. The van der Waals surface area contributed by atoms with E-state index >= 15 is 0 Å². The largest absolute Gasteiger partial charge is 0.378 e. The quantitative estimate of drug-likeness (QED) is 0.903. The molecule has 2 unspecified atom stereocenters. The third-order valence-corrected chi connectivity index (χ3v) is 3.76. The Labute approximate surface area is 116 Å². The van der Waals surface area contributed by atoms with Crippen LogP contribution in [0.1, 0.15) is 31.2 Å². The summed E-state index contributed by atoms with van der Waals surface area (Å²) in [7, 11) is 0.